The van der Waals surface area contributed by atoms with Crippen molar-refractivity contribution in [3.8, 4) is 5.75 Å². The summed E-state index contributed by atoms with van der Waals surface area (Å²) in [5, 5.41) is 4.98. The van der Waals surface area contributed by atoms with Gasteiger partial charge in [-0.25, -0.2) is 8.42 Å². The summed E-state index contributed by atoms with van der Waals surface area (Å²) < 4.78 is 37.2. The number of sulfonamides is 1. The van der Waals surface area contributed by atoms with Gasteiger partial charge in [-0.1, -0.05) is 6.42 Å². The molecule has 10 heteroatoms. The number of hydrogen-bond acceptors (Lipinski definition) is 6. The van der Waals surface area contributed by atoms with Crippen LogP contribution in [-0.2, 0) is 14.8 Å². The van der Waals surface area contributed by atoms with E-state index in [4.69, 9.17) is 9.15 Å². The maximum absolute atomic E-state index is 12.6. The number of piperidine rings is 1. The maximum atomic E-state index is 12.6. The van der Waals surface area contributed by atoms with Crippen LogP contribution in [0.4, 0.5) is 11.4 Å². The maximum Gasteiger partial charge on any atom is 0.291 e. The molecule has 0 bridgehead atoms. The molecule has 1 fully saturated rings. The van der Waals surface area contributed by atoms with Gasteiger partial charge in [-0.3, -0.25) is 9.59 Å². The molecule has 2 N–H and O–H groups in total. The molecule has 29 heavy (non-hydrogen) atoms. The van der Waals surface area contributed by atoms with Crippen molar-refractivity contribution < 1.29 is 27.2 Å². The minimum atomic E-state index is -3.75. The first kappa shape index (κ1) is 20.9. The molecule has 0 aliphatic carbocycles. The molecule has 1 aliphatic heterocycles. The van der Waals surface area contributed by atoms with E-state index in [0.29, 0.717) is 30.2 Å². The van der Waals surface area contributed by atoms with Crippen molar-refractivity contribution in [2.75, 3.05) is 30.8 Å². The van der Waals surface area contributed by atoms with Crippen LogP contribution in [0.15, 0.2) is 39.8 Å². The summed E-state index contributed by atoms with van der Waals surface area (Å²) in [6, 6.07) is 7.33. The fourth-order valence-corrected chi connectivity index (χ4v) is 4.51. The van der Waals surface area contributed by atoms with Crippen LogP contribution < -0.4 is 15.4 Å². The fourth-order valence-electron chi connectivity index (χ4n) is 3.08. The summed E-state index contributed by atoms with van der Waals surface area (Å²) in [6.45, 7) is 2.25. The number of ether oxygens (including phenoxy) is 1. The molecule has 1 aliphatic rings. The normalized spacial score (nSPS) is 15.0. The second kappa shape index (κ2) is 8.66. The molecule has 1 saturated heterocycles. The molecule has 3 rings (SSSR count). The number of carbonyl (C=O) groups is 2. The molecular formula is C19H23N3O6S. The number of rotatable bonds is 6. The third-order valence-corrected chi connectivity index (χ3v) is 6.26. The van der Waals surface area contributed by atoms with Gasteiger partial charge in [-0.2, -0.15) is 4.31 Å². The average Bonchev–Trinajstić information content (AvgIpc) is 3.20. The Bertz CT molecular complexity index is 1010. The number of carbonyl (C=O) groups excluding carboxylic acids is 2. The van der Waals surface area contributed by atoms with Crippen LogP contribution in [0.25, 0.3) is 0 Å². The third kappa shape index (κ3) is 4.77. The van der Waals surface area contributed by atoms with Gasteiger partial charge in [0.2, 0.25) is 11.0 Å². The Labute approximate surface area is 169 Å². The van der Waals surface area contributed by atoms with Gasteiger partial charge >= 0.3 is 0 Å². The van der Waals surface area contributed by atoms with Crippen molar-refractivity contribution in [3.05, 3.63) is 36.1 Å². The van der Waals surface area contributed by atoms with Crippen LogP contribution in [0.5, 0.6) is 5.75 Å². The lowest BCUT2D eigenvalue weighted by atomic mass is 10.2. The highest BCUT2D eigenvalue weighted by atomic mass is 32.2. The molecule has 0 radical (unpaired) electrons. The molecule has 0 saturated carbocycles. The zero-order valence-corrected chi connectivity index (χ0v) is 17.0. The van der Waals surface area contributed by atoms with Crippen molar-refractivity contribution in [2.24, 2.45) is 0 Å². The highest BCUT2D eigenvalue weighted by Gasteiger charge is 2.29. The van der Waals surface area contributed by atoms with Gasteiger partial charge in [0.25, 0.3) is 15.9 Å². The van der Waals surface area contributed by atoms with Crippen molar-refractivity contribution in [1.82, 2.24) is 4.31 Å². The molecule has 2 aromatic rings. The zero-order chi connectivity index (χ0) is 21.0. The molecule has 0 atom stereocenters. The van der Waals surface area contributed by atoms with Gasteiger partial charge in [-0.05, 0) is 43.2 Å². The highest BCUT2D eigenvalue weighted by molar-refractivity contribution is 7.89. The first-order chi connectivity index (χ1) is 13.8. The van der Waals surface area contributed by atoms with Crippen molar-refractivity contribution >= 4 is 33.2 Å². The first-order valence-corrected chi connectivity index (χ1v) is 10.6. The summed E-state index contributed by atoms with van der Waals surface area (Å²) in [7, 11) is -2.29. The molecular weight excluding hydrogens is 398 g/mol. The zero-order valence-electron chi connectivity index (χ0n) is 16.2. The van der Waals surface area contributed by atoms with E-state index in [1.54, 1.807) is 12.1 Å². The SMILES string of the molecule is COc1ccc(NC(=O)c2ccc(S(=O)(=O)N3CCCCC3)o2)cc1NC(C)=O. The van der Waals surface area contributed by atoms with E-state index < -0.39 is 15.9 Å². The van der Waals surface area contributed by atoms with E-state index in [-0.39, 0.29) is 16.8 Å². The molecule has 0 spiro atoms. The predicted octanol–water partition coefficient (Wildman–Crippen LogP) is 2.67. The molecule has 1 aromatic carbocycles. The first-order valence-electron chi connectivity index (χ1n) is 9.18. The Hall–Kier alpha value is -2.85. The standard InChI is InChI=1S/C19H23N3O6S/c1-13(23)20-15-12-14(6-7-16(15)27-2)21-19(24)17-8-9-18(28-17)29(25,26)22-10-4-3-5-11-22/h6-9,12H,3-5,10-11H2,1-2H3,(H,20,23)(H,21,24). The number of anilines is 2. The van der Waals surface area contributed by atoms with Crippen LogP contribution in [0.1, 0.15) is 36.7 Å². The second-order valence-electron chi connectivity index (χ2n) is 6.63. The van der Waals surface area contributed by atoms with Crippen LogP contribution in [-0.4, -0.2) is 44.7 Å². The van der Waals surface area contributed by atoms with E-state index in [1.807, 2.05) is 0 Å². The lowest BCUT2D eigenvalue weighted by Crippen LogP contribution is -2.35. The lowest BCUT2D eigenvalue weighted by molar-refractivity contribution is -0.114. The largest absolute Gasteiger partial charge is 0.495 e. The number of nitrogens with one attached hydrogen (secondary N) is 2. The monoisotopic (exact) mass is 421 g/mol. The Morgan fingerprint density at radius 1 is 1.07 bits per heavy atom. The van der Waals surface area contributed by atoms with E-state index in [0.717, 1.165) is 19.3 Å². The average molecular weight is 421 g/mol. The fraction of sp³-hybridized carbons (Fsp3) is 0.368. The Balaban J connectivity index is 1.76. The second-order valence-corrected chi connectivity index (χ2v) is 8.50. The lowest BCUT2D eigenvalue weighted by Gasteiger charge is -2.24. The summed E-state index contributed by atoms with van der Waals surface area (Å²) in [4.78, 5) is 23.8. The Morgan fingerprint density at radius 3 is 2.45 bits per heavy atom. The Morgan fingerprint density at radius 2 is 1.79 bits per heavy atom. The number of amides is 2. The van der Waals surface area contributed by atoms with Crippen LogP contribution in [0, 0.1) is 0 Å². The van der Waals surface area contributed by atoms with E-state index in [2.05, 4.69) is 10.6 Å². The quantitative estimate of drug-likeness (QED) is 0.740. The molecule has 2 amide bonds. The van der Waals surface area contributed by atoms with Gasteiger partial charge in [0, 0.05) is 25.7 Å². The summed E-state index contributed by atoms with van der Waals surface area (Å²) >= 11 is 0. The van der Waals surface area contributed by atoms with Crippen LogP contribution in [0.2, 0.25) is 0 Å². The van der Waals surface area contributed by atoms with E-state index in [9.17, 15) is 18.0 Å². The topological polar surface area (TPSA) is 118 Å². The number of furan rings is 1. The number of nitrogens with zero attached hydrogens (tertiary/aromatic N) is 1. The molecule has 156 valence electrons. The van der Waals surface area contributed by atoms with Gasteiger partial charge in [0.1, 0.15) is 5.75 Å². The smallest absolute Gasteiger partial charge is 0.291 e. The molecule has 1 aromatic heterocycles. The van der Waals surface area contributed by atoms with Crippen LogP contribution >= 0.6 is 0 Å². The molecule has 2 heterocycles. The summed E-state index contributed by atoms with van der Waals surface area (Å²) in [5.41, 5.74) is 0.780. The minimum absolute atomic E-state index is 0.127. The van der Waals surface area contributed by atoms with E-state index >= 15 is 0 Å². The summed E-state index contributed by atoms with van der Waals surface area (Å²) in [6.07, 6.45) is 2.61. The number of benzene rings is 1. The van der Waals surface area contributed by atoms with Crippen molar-refractivity contribution in [2.45, 2.75) is 31.3 Å². The molecule has 0 unspecified atom stereocenters. The predicted molar refractivity (Wildman–Crippen MR) is 107 cm³/mol. The molecule has 9 nitrogen and oxygen atoms in total. The van der Waals surface area contributed by atoms with Gasteiger partial charge in [0.15, 0.2) is 5.76 Å². The van der Waals surface area contributed by atoms with Gasteiger partial charge in [0.05, 0.1) is 12.8 Å². The van der Waals surface area contributed by atoms with Gasteiger partial charge in [-0.15, -0.1) is 0 Å². The third-order valence-electron chi connectivity index (χ3n) is 4.48. The summed E-state index contributed by atoms with van der Waals surface area (Å²) in [5.74, 6) is -0.585. The van der Waals surface area contributed by atoms with Gasteiger partial charge < -0.3 is 19.8 Å². The van der Waals surface area contributed by atoms with Crippen molar-refractivity contribution in [3.63, 3.8) is 0 Å². The van der Waals surface area contributed by atoms with Crippen molar-refractivity contribution in [1.29, 1.82) is 0 Å². The number of hydrogen-bond donors (Lipinski definition) is 2. The van der Waals surface area contributed by atoms with E-state index in [1.165, 1.54) is 36.5 Å². The highest BCUT2D eigenvalue weighted by Crippen LogP contribution is 2.28. The Kier molecular flexibility index (Phi) is 6.23. The van der Waals surface area contributed by atoms with Crippen LogP contribution in [0.3, 0.4) is 0 Å². The minimum Gasteiger partial charge on any atom is -0.495 e. The number of methoxy groups -OCH3 is 1.